The Morgan fingerprint density at radius 1 is 1.12 bits per heavy atom. The zero-order valence-electron chi connectivity index (χ0n) is 18.5. The third-order valence-electron chi connectivity index (χ3n) is 5.75. The van der Waals surface area contributed by atoms with Crippen molar-refractivity contribution in [2.24, 2.45) is 0 Å². The van der Waals surface area contributed by atoms with Crippen molar-refractivity contribution in [2.75, 3.05) is 22.9 Å². The van der Waals surface area contributed by atoms with E-state index in [1.165, 1.54) is 7.11 Å². The van der Waals surface area contributed by atoms with E-state index in [9.17, 15) is 13.2 Å². The number of rotatable bonds is 6. The molecule has 1 aliphatic rings. The maximum atomic E-state index is 13.5. The van der Waals surface area contributed by atoms with Crippen LogP contribution in [0.2, 0.25) is 0 Å². The molecule has 7 nitrogen and oxygen atoms in total. The van der Waals surface area contributed by atoms with Gasteiger partial charge in [0.2, 0.25) is 10.0 Å². The molecule has 0 spiro atoms. The minimum atomic E-state index is -3.45. The maximum absolute atomic E-state index is 13.5. The van der Waals surface area contributed by atoms with E-state index in [0.29, 0.717) is 22.7 Å². The predicted molar refractivity (Wildman–Crippen MR) is 127 cm³/mol. The Morgan fingerprint density at radius 3 is 2.66 bits per heavy atom. The molecule has 0 atom stereocenters. The molecular weight excluding hydrogens is 426 g/mol. The van der Waals surface area contributed by atoms with E-state index in [0.717, 1.165) is 53.4 Å². The number of aromatic nitrogens is 1. The number of pyridine rings is 1. The lowest BCUT2D eigenvalue weighted by Gasteiger charge is -2.21. The van der Waals surface area contributed by atoms with Crippen LogP contribution in [-0.2, 0) is 22.9 Å². The van der Waals surface area contributed by atoms with Gasteiger partial charge < -0.3 is 10.1 Å². The van der Waals surface area contributed by atoms with Gasteiger partial charge in [0.05, 0.1) is 29.6 Å². The largest absolute Gasteiger partial charge is 0.494 e. The number of nitrogens with one attached hydrogen (secondary N) is 2. The van der Waals surface area contributed by atoms with Crippen LogP contribution in [0.4, 0.5) is 11.4 Å². The number of aryl methyl sites for hydroxylation is 2. The number of benzene rings is 2. The van der Waals surface area contributed by atoms with E-state index in [4.69, 9.17) is 9.72 Å². The van der Waals surface area contributed by atoms with E-state index >= 15 is 0 Å². The molecule has 1 heterocycles. The van der Waals surface area contributed by atoms with E-state index in [2.05, 4.69) is 10.0 Å². The van der Waals surface area contributed by atoms with Crippen LogP contribution < -0.4 is 14.8 Å². The highest BCUT2D eigenvalue weighted by molar-refractivity contribution is 7.92. The quantitative estimate of drug-likeness (QED) is 0.575. The molecular formula is C24H27N3O4S. The predicted octanol–water partition coefficient (Wildman–Crippen LogP) is 4.44. The number of hydrogen-bond donors (Lipinski definition) is 2. The van der Waals surface area contributed by atoms with E-state index < -0.39 is 10.0 Å². The second-order valence-electron chi connectivity index (χ2n) is 8.01. The molecule has 3 aromatic rings. The van der Waals surface area contributed by atoms with E-state index in [1.807, 2.05) is 25.1 Å². The van der Waals surface area contributed by atoms with Crippen LogP contribution in [0.5, 0.6) is 5.75 Å². The Balaban J connectivity index is 1.72. The molecule has 2 N–H and O–H groups in total. The molecule has 0 saturated carbocycles. The number of hydrogen-bond acceptors (Lipinski definition) is 5. The lowest BCUT2D eigenvalue weighted by molar-refractivity contribution is 0.102. The molecule has 1 amide bonds. The topological polar surface area (TPSA) is 97.4 Å². The SMILES string of the molecule is CCS(=O)(=O)Nc1ccc(NC(=O)c2c3c(nc4ccc(C)cc24)CCCC3)cc1OC. The molecule has 168 valence electrons. The fourth-order valence-electron chi connectivity index (χ4n) is 4.08. The van der Waals surface area contributed by atoms with Crippen LogP contribution >= 0.6 is 0 Å². The van der Waals surface area contributed by atoms with Crippen molar-refractivity contribution in [3.8, 4) is 5.75 Å². The molecule has 1 aliphatic carbocycles. The summed E-state index contributed by atoms with van der Waals surface area (Å²) >= 11 is 0. The van der Waals surface area contributed by atoms with Gasteiger partial charge in [-0.1, -0.05) is 11.6 Å². The zero-order valence-corrected chi connectivity index (χ0v) is 19.3. The highest BCUT2D eigenvalue weighted by atomic mass is 32.2. The zero-order chi connectivity index (χ0) is 22.9. The summed E-state index contributed by atoms with van der Waals surface area (Å²) in [4.78, 5) is 18.3. The summed E-state index contributed by atoms with van der Waals surface area (Å²) in [5.74, 6) is 0.0799. The Labute approximate surface area is 188 Å². The highest BCUT2D eigenvalue weighted by Crippen LogP contribution is 2.32. The molecule has 0 radical (unpaired) electrons. The van der Waals surface area contributed by atoms with Crippen molar-refractivity contribution >= 4 is 38.2 Å². The smallest absolute Gasteiger partial charge is 0.256 e. The van der Waals surface area contributed by atoms with Gasteiger partial charge in [-0.05, 0) is 69.4 Å². The third kappa shape index (κ3) is 4.41. The van der Waals surface area contributed by atoms with Crippen molar-refractivity contribution in [2.45, 2.75) is 39.5 Å². The fourth-order valence-corrected chi connectivity index (χ4v) is 4.73. The average molecular weight is 454 g/mol. The monoisotopic (exact) mass is 453 g/mol. The van der Waals surface area contributed by atoms with Crippen LogP contribution in [0.1, 0.15) is 46.9 Å². The first kappa shape index (κ1) is 22.1. The molecule has 4 rings (SSSR count). The van der Waals surface area contributed by atoms with Crippen molar-refractivity contribution < 1.29 is 17.9 Å². The summed E-state index contributed by atoms with van der Waals surface area (Å²) < 4.78 is 31.7. The number of methoxy groups -OCH3 is 1. The first-order valence-electron chi connectivity index (χ1n) is 10.7. The lowest BCUT2D eigenvalue weighted by Crippen LogP contribution is -2.19. The number of carbonyl (C=O) groups excluding carboxylic acids is 1. The minimum Gasteiger partial charge on any atom is -0.494 e. The Kier molecular flexibility index (Phi) is 6.06. The van der Waals surface area contributed by atoms with Gasteiger partial charge in [-0.2, -0.15) is 0 Å². The van der Waals surface area contributed by atoms with Crippen LogP contribution in [0.3, 0.4) is 0 Å². The van der Waals surface area contributed by atoms with Crippen molar-refractivity contribution in [3.63, 3.8) is 0 Å². The van der Waals surface area contributed by atoms with E-state index in [-0.39, 0.29) is 11.7 Å². The number of anilines is 2. The van der Waals surface area contributed by atoms with Gasteiger partial charge in [0.25, 0.3) is 5.91 Å². The Morgan fingerprint density at radius 2 is 1.91 bits per heavy atom. The van der Waals surface area contributed by atoms with Gasteiger partial charge in [0.15, 0.2) is 0 Å². The fraction of sp³-hybridized carbons (Fsp3) is 0.333. The molecule has 0 aliphatic heterocycles. The van der Waals surface area contributed by atoms with Crippen molar-refractivity contribution in [3.05, 3.63) is 58.8 Å². The summed E-state index contributed by atoms with van der Waals surface area (Å²) in [5, 5.41) is 3.82. The van der Waals surface area contributed by atoms with Gasteiger partial charge in [-0.25, -0.2) is 8.42 Å². The average Bonchev–Trinajstić information content (AvgIpc) is 2.78. The summed E-state index contributed by atoms with van der Waals surface area (Å²) in [6.45, 7) is 3.56. The molecule has 0 unspecified atom stereocenters. The maximum Gasteiger partial charge on any atom is 0.256 e. The number of fused-ring (bicyclic) bond motifs is 2. The summed E-state index contributed by atoms with van der Waals surface area (Å²) in [7, 11) is -1.99. The minimum absolute atomic E-state index is 0.0473. The number of sulfonamides is 1. The number of carbonyl (C=O) groups is 1. The van der Waals surface area contributed by atoms with Crippen LogP contribution in [0.25, 0.3) is 10.9 Å². The van der Waals surface area contributed by atoms with Gasteiger partial charge in [-0.3, -0.25) is 14.5 Å². The Hall–Kier alpha value is -3.13. The third-order valence-corrected chi connectivity index (χ3v) is 7.04. The summed E-state index contributed by atoms with van der Waals surface area (Å²) in [5.41, 5.74) is 5.43. The molecule has 0 saturated heterocycles. The Bertz CT molecular complexity index is 1300. The lowest BCUT2D eigenvalue weighted by atomic mass is 9.89. The first-order chi connectivity index (χ1) is 15.3. The highest BCUT2D eigenvalue weighted by Gasteiger charge is 2.23. The van der Waals surface area contributed by atoms with E-state index in [1.54, 1.807) is 25.1 Å². The van der Waals surface area contributed by atoms with Crippen molar-refractivity contribution in [1.82, 2.24) is 4.98 Å². The van der Waals surface area contributed by atoms with Gasteiger partial charge in [0.1, 0.15) is 5.75 Å². The second kappa shape index (κ2) is 8.78. The molecule has 8 heteroatoms. The standard InChI is InChI=1S/C24H27N3O4S/c1-4-32(29,30)27-21-12-10-16(14-22(21)31-3)25-24(28)23-17-7-5-6-8-19(17)26-20-11-9-15(2)13-18(20)23/h9-14,27H,4-8H2,1-3H3,(H,25,28). The second-order valence-corrected chi connectivity index (χ2v) is 10.0. The van der Waals surface area contributed by atoms with Gasteiger partial charge >= 0.3 is 0 Å². The van der Waals surface area contributed by atoms with Gasteiger partial charge in [0, 0.05) is 22.8 Å². The summed E-state index contributed by atoms with van der Waals surface area (Å²) in [6.07, 6.45) is 3.81. The van der Waals surface area contributed by atoms with Gasteiger partial charge in [-0.15, -0.1) is 0 Å². The van der Waals surface area contributed by atoms with Crippen molar-refractivity contribution in [1.29, 1.82) is 0 Å². The van der Waals surface area contributed by atoms with Crippen LogP contribution in [-0.4, -0.2) is 32.2 Å². The molecule has 0 bridgehead atoms. The summed E-state index contributed by atoms with van der Waals surface area (Å²) in [6, 6.07) is 10.9. The first-order valence-corrected chi connectivity index (χ1v) is 12.4. The van der Waals surface area contributed by atoms with Crippen LogP contribution in [0.15, 0.2) is 36.4 Å². The number of amides is 1. The number of nitrogens with zero attached hydrogens (tertiary/aromatic N) is 1. The molecule has 0 fully saturated rings. The normalized spacial score (nSPS) is 13.5. The number of ether oxygens (including phenoxy) is 1. The van der Waals surface area contributed by atoms with Crippen LogP contribution in [0, 0.1) is 6.92 Å². The molecule has 32 heavy (non-hydrogen) atoms. The molecule has 2 aromatic carbocycles. The molecule has 1 aromatic heterocycles.